The van der Waals surface area contributed by atoms with Crippen LogP contribution < -0.4 is 11.5 Å². The molecule has 0 atom stereocenters. The van der Waals surface area contributed by atoms with Crippen LogP contribution in [-0.4, -0.2) is 5.84 Å². The normalized spacial score (nSPS) is 12.6. The molecule has 0 aromatic heterocycles. The van der Waals surface area contributed by atoms with Crippen LogP contribution in [0.15, 0.2) is 36.2 Å². The first-order valence-electron chi connectivity index (χ1n) is 5.76. The van der Waals surface area contributed by atoms with Gasteiger partial charge in [0.25, 0.3) is 0 Å². The van der Waals surface area contributed by atoms with Crippen molar-refractivity contribution in [1.29, 1.82) is 5.41 Å². The first kappa shape index (κ1) is 14.0. The summed E-state index contributed by atoms with van der Waals surface area (Å²) < 4.78 is 13.3. The predicted molar refractivity (Wildman–Crippen MR) is 75.0 cm³/mol. The van der Waals surface area contributed by atoms with E-state index in [1.54, 1.807) is 25.1 Å². The van der Waals surface area contributed by atoms with Gasteiger partial charge < -0.3 is 11.5 Å². The number of halogens is 1. The summed E-state index contributed by atoms with van der Waals surface area (Å²) >= 11 is 0. The average Bonchev–Trinajstić information content (AvgIpc) is 2.34. The van der Waals surface area contributed by atoms with Crippen molar-refractivity contribution in [2.45, 2.75) is 20.3 Å². The van der Waals surface area contributed by atoms with Gasteiger partial charge in [0.1, 0.15) is 11.7 Å². The lowest BCUT2D eigenvalue weighted by Crippen LogP contribution is -2.13. The van der Waals surface area contributed by atoms with Crippen molar-refractivity contribution in [1.82, 2.24) is 0 Å². The zero-order chi connectivity index (χ0) is 13.7. The van der Waals surface area contributed by atoms with Crippen LogP contribution in [0.1, 0.15) is 31.4 Å². The van der Waals surface area contributed by atoms with E-state index in [1.807, 2.05) is 6.92 Å². The van der Waals surface area contributed by atoms with Gasteiger partial charge in [-0.25, -0.2) is 4.39 Å². The van der Waals surface area contributed by atoms with E-state index >= 15 is 0 Å². The standard InChI is InChI=1S/C14H18FN3/c1-3-9(7-11(15)4-2)10-5-6-12(14(17)18)13(16)8-10/h4-8H,3,16H2,1-2H3,(H3,17,18)/b9-7+,11-4+. The number of allylic oxidation sites excluding steroid dienone is 4. The Kier molecular flexibility index (Phi) is 4.66. The van der Waals surface area contributed by atoms with Crippen molar-refractivity contribution in [3.63, 3.8) is 0 Å². The zero-order valence-corrected chi connectivity index (χ0v) is 10.6. The number of anilines is 1. The largest absolute Gasteiger partial charge is 0.398 e. The Bertz CT molecular complexity index is 516. The third kappa shape index (κ3) is 3.20. The molecule has 0 unspecified atom stereocenters. The lowest BCUT2D eigenvalue weighted by Gasteiger charge is -2.09. The summed E-state index contributed by atoms with van der Waals surface area (Å²) in [6.45, 7) is 3.59. The topological polar surface area (TPSA) is 75.9 Å². The average molecular weight is 247 g/mol. The molecule has 0 aliphatic heterocycles. The molecule has 18 heavy (non-hydrogen) atoms. The van der Waals surface area contributed by atoms with E-state index in [2.05, 4.69) is 0 Å². The van der Waals surface area contributed by atoms with Crippen LogP contribution in [0, 0.1) is 5.41 Å². The van der Waals surface area contributed by atoms with Crippen LogP contribution in [0.25, 0.3) is 5.57 Å². The molecule has 0 aliphatic rings. The van der Waals surface area contributed by atoms with E-state index in [0.717, 1.165) is 11.1 Å². The highest BCUT2D eigenvalue weighted by Gasteiger charge is 2.06. The highest BCUT2D eigenvalue weighted by Crippen LogP contribution is 2.24. The minimum absolute atomic E-state index is 0.0688. The highest BCUT2D eigenvalue weighted by molar-refractivity contribution is 6.00. The van der Waals surface area contributed by atoms with Gasteiger partial charge in [-0.05, 0) is 42.7 Å². The molecule has 1 aromatic rings. The molecule has 1 aromatic carbocycles. The molecule has 4 heteroatoms. The van der Waals surface area contributed by atoms with Crippen LogP contribution in [-0.2, 0) is 0 Å². The molecule has 0 radical (unpaired) electrons. The van der Waals surface area contributed by atoms with E-state index in [9.17, 15) is 4.39 Å². The van der Waals surface area contributed by atoms with Gasteiger partial charge >= 0.3 is 0 Å². The predicted octanol–water partition coefficient (Wildman–Crippen LogP) is 3.22. The Morgan fingerprint density at radius 2 is 2.11 bits per heavy atom. The summed E-state index contributed by atoms with van der Waals surface area (Å²) in [5, 5.41) is 7.36. The Morgan fingerprint density at radius 3 is 2.56 bits per heavy atom. The van der Waals surface area contributed by atoms with Crippen LogP contribution >= 0.6 is 0 Å². The molecule has 0 saturated heterocycles. The van der Waals surface area contributed by atoms with E-state index in [-0.39, 0.29) is 11.7 Å². The van der Waals surface area contributed by atoms with E-state index < -0.39 is 0 Å². The quantitative estimate of drug-likeness (QED) is 0.331. The number of nitrogens with one attached hydrogen (secondary N) is 1. The SMILES string of the molecule is C/C=C(F)\C=C(/CC)c1ccc(C(=N)N)c(N)c1. The monoisotopic (exact) mass is 247 g/mol. The molecule has 96 valence electrons. The molecular weight excluding hydrogens is 229 g/mol. The molecule has 1 rings (SSSR count). The minimum Gasteiger partial charge on any atom is -0.398 e. The molecular formula is C14H18FN3. The summed E-state index contributed by atoms with van der Waals surface area (Å²) in [7, 11) is 0. The smallest absolute Gasteiger partial charge is 0.124 e. The maximum atomic E-state index is 13.3. The number of benzene rings is 1. The van der Waals surface area contributed by atoms with Gasteiger partial charge in [-0.3, -0.25) is 5.41 Å². The van der Waals surface area contributed by atoms with Gasteiger partial charge in [0.15, 0.2) is 0 Å². The molecule has 0 spiro atoms. The number of nitrogens with two attached hydrogens (primary N) is 2. The van der Waals surface area contributed by atoms with Crippen LogP contribution in [0.4, 0.5) is 10.1 Å². The fraction of sp³-hybridized carbons (Fsp3) is 0.214. The molecule has 0 bridgehead atoms. The van der Waals surface area contributed by atoms with E-state index in [0.29, 0.717) is 17.7 Å². The van der Waals surface area contributed by atoms with Gasteiger partial charge in [0.05, 0.1) is 0 Å². The first-order valence-corrected chi connectivity index (χ1v) is 5.76. The second kappa shape index (κ2) is 6.00. The van der Waals surface area contributed by atoms with E-state index in [1.165, 1.54) is 12.2 Å². The summed E-state index contributed by atoms with van der Waals surface area (Å²) in [6, 6.07) is 5.20. The zero-order valence-electron chi connectivity index (χ0n) is 10.6. The van der Waals surface area contributed by atoms with Gasteiger partial charge in [-0.2, -0.15) is 0 Å². The van der Waals surface area contributed by atoms with Crippen molar-refractivity contribution < 1.29 is 4.39 Å². The van der Waals surface area contributed by atoms with Crippen LogP contribution in [0.3, 0.4) is 0 Å². The van der Waals surface area contributed by atoms with Crippen LogP contribution in [0.5, 0.6) is 0 Å². The molecule has 0 heterocycles. The number of hydrogen-bond acceptors (Lipinski definition) is 2. The number of hydrogen-bond donors (Lipinski definition) is 3. The van der Waals surface area contributed by atoms with Crippen molar-refractivity contribution >= 4 is 17.1 Å². The van der Waals surface area contributed by atoms with Gasteiger partial charge in [-0.15, -0.1) is 0 Å². The summed E-state index contributed by atoms with van der Waals surface area (Å²) in [5.74, 6) is -0.346. The second-order valence-corrected chi connectivity index (χ2v) is 3.91. The fourth-order valence-electron chi connectivity index (χ4n) is 1.65. The molecule has 0 fully saturated rings. The van der Waals surface area contributed by atoms with Gasteiger partial charge in [-0.1, -0.05) is 19.1 Å². The molecule has 3 nitrogen and oxygen atoms in total. The fourth-order valence-corrected chi connectivity index (χ4v) is 1.65. The third-order valence-electron chi connectivity index (χ3n) is 2.68. The Morgan fingerprint density at radius 1 is 1.44 bits per heavy atom. The van der Waals surface area contributed by atoms with Crippen molar-refractivity contribution in [3.05, 3.63) is 47.3 Å². The Hall–Kier alpha value is -2.10. The maximum absolute atomic E-state index is 13.3. The van der Waals surface area contributed by atoms with Gasteiger partial charge in [0.2, 0.25) is 0 Å². The Labute approximate surface area is 107 Å². The first-order chi connectivity index (χ1) is 8.49. The molecule has 5 N–H and O–H groups in total. The lowest BCUT2D eigenvalue weighted by atomic mass is 9.99. The van der Waals surface area contributed by atoms with Crippen molar-refractivity contribution in [3.8, 4) is 0 Å². The van der Waals surface area contributed by atoms with E-state index in [4.69, 9.17) is 16.9 Å². The number of amidine groups is 1. The van der Waals surface area contributed by atoms with Gasteiger partial charge in [0, 0.05) is 11.3 Å². The molecule has 0 amide bonds. The van der Waals surface area contributed by atoms with Crippen molar-refractivity contribution in [2.24, 2.45) is 5.73 Å². The maximum Gasteiger partial charge on any atom is 0.124 e. The second-order valence-electron chi connectivity index (χ2n) is 3.91. The summed E-state index contributed by atoms with van der Waals surface area (Å²) in [5.41, 5.74) is 13.8. The summed E-state index contributed by atoms with van der Waals surface area (Å²) in [6.07, 6.45) is 3.59. The van der Waals surface area contributed by atoms with Crippen molar-refractivity contribution in [2.75, 3.05) is 5.73 Å². The van der Waals surface area contributed by atoms with Crippen LogP contribution in [0.2, 0.25) is 0 Å². The summed E-state index contributed by atoms with van der Waals surface area (Å²) in [4.78, 5) is 0. The minimum atomic E-state index is -0.277. The molecule has 0 aliphatic carbocycles. The third-order valence-corrected chi connectivity index (χ3v) is 2.68. The number of rotatable bonds is 4. The number of nitrogen functional groups attached to an aromatic ring is 2. The molecule has 0 saturated carbocycles. The Balaban J connectivity index is 3.21. The highest BCUT2D eigenvalue weighted by atomic mass is 19.1. The lowest BCUT2D eigenvalue weighted by molar-refractivity contribution is 0.665.